The third-order valence-electron chi connectivity index (χ3n) is 1.93. The van der Waals surface area contributed by atoms with Crippen LogP contribution in [0.5, 0.6) is 0 Å². The number of ether oxygens (including phenoxy) is 1. The van der Waals surface area contributed by atoms with Crippen LogP contribution in [0.15, 0.2) is 28.9 Å². The Morgan fingerprint density at radius 2 is 2.12 bits per heavy atom. The molecule has 0 aromatic heterocycles. The van der Waals surface area contributed by atoms with Gasteiger partial charge >= 0.3 is 11.9 Å². The minimum absolute atomic E-state index is 0.0831. The van der Waals surface area contributed by atoms with Gasteiger partial charge in [-0.3, -0.25) is 4.99 Å². The summed E-state index contributed by atoms with van der Waals surface area (Å²) in [7, 11) is 0. The van der Waals surface area contributed by atoms with Crippen molar-refractivity contribution in [3.63, 3.8) is 0 Å². The summed E-state index contributed by atoms with van der Waals surface area (Å²) in [6.07, 6.45) is 0.456. The SMILES string of the molecule is C=C/C(CC(F)(F)C(=O)OCC)=C(/C)N=C. The van der Waals surface area contributed by atoms with Gasteiger partial charge in [0.25, 0.3) is 0 Å². The van der Waals surface area contributed by atoms with Crippen molar-refractivity contribution in [2.45, 2.75) is 26.2 Å². The van der Waals surface area contributed by atoms with Gasteiger partial charge in [0.05, 0.1) is 6.61 Å². The molecule has 0 aliphatic carbocycles. The highest BCUT2D eigenvalue weighted by molar-refractivity contribution is 5.78. The first-order valence-electron chi connectivity index (χ1n) is 4.73. The second-order valence-electron chi connectivity index (χ2n) is 3.07. The van der Waals surface area contributed by atoms with Crippen molar-refractivity contribution < 1.29 is 18.3 Å². The van der Waals surface area contributed by atoms with Crippen LogP contribution in [0.4, 0.5) is 8.78 Å². The Morgan fingerprint density at radius 3 is 2.50 bits per heavy atom. The van der Waals surface area contributed by atoms with E-state index in [1.807, 2.05) is 0 Å². The maximum atomic E-state index is 13.3. The van der Waals surface area contributed by atoms with Crippen molar-refractivity contribution in [1.29, 1.82) is 0 Å². The van der Waals surface area contributed by atoms with Crippen LogP contribution in [0.25, 0.3) is 0 Å². The number of aliphatic imine (C=N–C) groups is 1. The number of hydrogen-bond acceptors (Lipinski definition) is 3. The molecule has 0 radical (unpaired) electrons. The van der Waals surface area contributed by atoms with Crippen LogP contribution in [0.2, 0.25) is 0 Å². The van der Waals surface area contributed by atoms with Gasteiger partial charge in [-0.25, -0.2) is 4.79 Å². The molecule has 0 rings (SSSR count). The van der Waals surface area contributed by atoms with Crippen LogP contribution in [-0.2, 0) is 9.53 Å². The lowest BCUT2D eigenvalue weighted by Crippen LogP contribution is -2.31. The number of allylic oxidation sites excluding steroid dienone is 3. The van der Waals surface area contributed by atoms with Crippen LogP contribution in [-0.4, -0.2) is 25.2 Å². The first kappa shape index (κ1) is 14.5. The number of hydrogen-bond donors (Lipinski definition) is 0. The first-order chi connectivity index (χ1) is 7.38. The van der Waals surface area contributed by atoms with Gasteiger partial charge in [0.1, 0.15) is 0 Å². The molecule has 5 heteroatoms. The third-order valence-corrected chi connectivity index (χ3v) is 1.93. The Bertz CT molecular complexity index is 322. The van der Waals surface area contributed by atoms with Crippen molar-refractivity contribution >= 4 is 12.7 Å². The number of nitrogens with zero attached hydrogens (tertiary/aromatic N) is 1. The number of rotatable bonds is 6. The van der Waals surface area contributed by atoms with Crippen LogP contribution in [0.3, 0.4) is 0 Å². The first-order valence-corrected chi connectivity index (χ1v) is 4.73. The Balaban J connectivity index is 4.87. The summed E-state index contributed by atoms with van der Waals surface area (Å²) in [6, 6.07) is 0. The van der Waals surface area contributed by atoms with Crippen molar-refractivity contribution in [3.05, 3.63) is 23.9 Å². The number of alkyl halides is 2. The van der Waals surface area contributed by atoms with E-state index >= 15 is 0 Å². The normalized spacial score (nSPS) is 12.8. The molecule has 90 valence electrons. The molecule has 3 nitrogen and oxygen atoms in total. The Kier molecular flexibility index (Phi) is 5.56. The van der Waals surface area contributed by atoms with E-state index in [0.29, 0.717) is 5.70 Å². The zero-order valence-corrected chi connectivity index (χ0v) is 9.43. The van der Waals surface area contributed by atoms with Crippen LogP contribution < -0.4 is 0 Å². The highest BCUT2D eigenvalue weighted by Gasteiger charge is 2.41. The average molecular weight is 231 g/mol. The Hall–Kier alpha value is -1.52. The molecule has 16 heavy (non-hydrogen) atoms. The lowest BCUT2D eigenvalue weighted by atomic mass is 10.1. The van der Waals surface area contributed by atoms with Crippen molar-refractivity contribution in [1.82, 2.24) is 0 Å². The topological polar surface area (TPSA) is 38.7 Å². The fourth-order valence-electron chi connectivity index (χ4n) is 0.997. The summed E-state index contributed by atoms with van der Waals surface area (Å²) in [6.45, 7) is 9.52. The van der Waals surface area contributed by atoms with Crippen molar-refractivity contribution in [2.75, 3.05) is 6.61 Å². The van der Waals surface area contributed by atoms with Gasteiger partial charge in [-0.2, -0.15) is 8.78 Å². The van der Waals surface area contributed by atoms with Crippen molar-refractivity contribution in [2.24, 2.45) is 4.99 Å². The predicted octanol–water partition coefficient (Wildman–Crippen LogP) is 2.74. The second kappa shape index (κ2) is 6.15. The summed E-state index contributed by atoms with van der Waals surface area (Å²) in [5, 5.41) is 0. The molecule has 0 atom stereocenters. The lowest BCUT2D eigenvalue weighted by Gasteiger charge is -2.15. The summed E-state index contributed by atoms with van der Waals surface area (Å²) in [5.41, 5.74) is 0.493. The highest BCUT2D eigenvalue weighted by Crippen LogP contribution is 2.27. The third kappa shape index (κ3) is 3.92. The summed E-state index contributed by atoms with van der Waals surface area (Å²) in [5.74, 6) is -5.10. The fourth-order valence-corrected chi connectivity index (χ4v) is 0.997. The molecule has 0 aliphatic rings. The van der Waals surface area contributed by atoms with Gasteiger partial charge in [-0.15, -0.1) is 0 Å². The number of esters is 1. The summed E-state index contributed by atoms with van der Waals surface area (Å²) >= 11 is 0. The van der Waals surface area contributed by atoms with E-state index in [-0.39, 0.29) is 12.2 Å². The van der Waals surface area contributed by atoms with E-state index in [9.17, 15) is 13.6 Å². The van der Waals surface area contributed by atoms with E-state index < -0.39 is 18.3 Å². The molecular formula is C11H15F2NO2. The molecule has 0 bridgehead atoms. The van der Waals surface area contributed by atoms with Crippen LogP contribution in [0.1, 0.15) is 20.3 Å². The van der Waals surface area contributed by atoms with E-state index in [1.165, 1.54) is 19.9 Å². The molecular weight excluding hydrogens is 216 g/mol. The number of carbonyl (C=O) groups excluding carboxylic acids is 1. The predicted molar refractivity (Wildman–Crippen MR) is 58.6 cm³/mol. The fraction of sp³-hybridized carbons (Fsp3) is 0.455. The molecule has 0 saturated heterocycles. The molecule has 0 heterocycles. The van der Waals surface area contributed by atoms with Gasteiger partial charge in [-0.05, 0) is 26.1 Å². The van der Waals surface area contributed by atoms with Gasteiger partial charge in [0.2, 0.25) is 0 Å². The summed E-state index contributed by atoms with van der Waals surface area (Å²) in [4.78, 5) is 14.5. The molecule has 0 unspecified atom stereocenters. The molecule has 0 spiro atoms. The van der Waals surface area contributed by atoms with Gasteiger partial charge in [0.15, 0.2) is 0 Å². The monoisotopic (exact) mass is 231 g/mol. The van der Waals surface area contributed by atoms with Crippen LogP contribution in [0, 0.1) is 0 Å². The number of carbonyl (C=O) groups is 1. The minimum atomic E-state index is -3.56. The molecule has 0 fully saturated rings. The highest BCUT2D eigenvalue weighted by atomic mass is 19.3. The largest absolute Gasteiger partial charge is 0.462 e. The van der Waals surface area contributed by atoms with E-state index in [4.69, 9.17) is 0 Å². The van der Waals surface area contributed by atoms with E-state index in [0.717, 1.165) is 0 Å². The molecule has 0 saturated carbocycles. The molecule has 0 amide bonds. The summed E-state index contributed by atoms with van der Waals surface area (Å²) < 4.78 is 30.9. The molecule has 0 aromatic carbocycles. The maximum absolute atomic E-state index is 13.3. The van der Waals surface area contributed by atoms with E-state index in [1.54, 1.807) is 0 Å². The average Bonchev–Trinajstić information content (AvgIpc) is 2.25. The molecule has 0 aliphatic heterocycles. The van der Waals surface area contributed by atoms with Gasteiger partial charge in [0, 0.05) is 12.1 Å². The van der Waals surface area contributed by atoms with E-state index in [2.05, 4.69) is 23.0 Å². The van der Waals surface area contributed by atoms with Gasteiger partial charge in [-0.1, -0.05) is 12.7 Å². The van der Waals surface area contributed by atoms with Crippen LogP contribution >= 0.6 is 0 Å². The Labute approximate surface area is 93.5 Å². The number of halogens is 2. The minimum Gasteiger partial charge on any atom is -0.462 e. The zero-order valence-electron chi connectivity index (χ0n) is 9.43. The smallest absolute Gasteiger partial charge is 0.377 e. The Morgan fingerprint density at radius 1 is 1.56 bits per heavy atom. The van der Waals surface area contributed by atoms with Gasteiger partial charge < -0.3 is 4.74 Å². The quantitative estimate of drug-likeness (QED) is 0.400. The van der Waals surface area contributed by atoms with Crippen molar-refractivity contribution in [3.8, 4) is 0 Å². The molecule has 0 aromatic rings. The maximum Gasteiger partial charge on any atom is 0.377 e. The molecule has 0 N–H and O–H groups in total. The second-order valence-corrected chi connectivity index (χ2v) is 3.07. The standard InChI is InChI=1S/C11H15F2NO2/c1-5-9(8(3)14-4)7-11(12,13)10(15)16-6-2/h5H,1,4,6-7H2,2-3H3/b9-8+. The lowest BCUT2D eigenvalue weighted by molar-refractivity contribution is -0.171. The zero-order chi connectivity index (χ0) is 12.8.